The molecule has 2 aliphatic rings. The highest BCUT2D eigenvalue weighted by Gasteiger charge is 2.29. The molecule has 0 amide bonds. The molecule has 1 aliphatic heterocycles. The molecule has 0 radical (unpaired) electrons. The molecule has 0 fully saturated rings. The molecular weight excluding hydrogens is 247 g/mol. The van der Waals surface area contributed by atoms with E-state index in [1.165, 1.54) is 30.2 Å². The smallest absolute Gasteiger partial charge is 0.171 e. The highest BCUT2D eigenvalue weighted by atomic mass is 32.1. The van der Waals surface area contributed by atoms with E-state index < -0.39 is 0 Å². The van der Waals surface area contributed by atoms with Gasteiger partial charge in [0.15, 0.2) is 5.11 Å². The molecule has 1 heterocycles. The van der Waals surface area contributed by atoms with Gasteiger partial charge in [-0.05, 0) is 49.5 Å². The molecule has 1 aromatic carbocycles. The van der Waals surface area contributed by atoms with Crippen LogP contribution in [0.15, 0.2) is 35.5 Å². The number of allylic oxidation sites excluding steroid dienone is 1. The zero-order valence-corrected chi connectivity index (χ0v) is 10.8. The highest BCUT2D eigenvalue weighted by Crippen LogP contribution is 2.35. The molecule has 1 atom stereocenters. The summed E-state index contributed by atoms with van der Waals surface area (Å²) in [6.07, 6.45) is 4.37. The second-order valence-electron chi connectivity index (χ2n) is 4.76. The van der Waals surface area contributed by atoms with Gasteiger partial charge < -0.3 is 10.6 Å². The third-order valence-electron chi connectivity index (χ3n) is 3.62. The van der Waals surface area contributed by atoms with Crippen molar-refractivity contribution in [2.45, 2.75) is 31.7 Å². The molecule has 1 aromatic rings. The maximum absolute atomic E-state index is 13.9. The predicted molar refractivity (Wildman–Crippen MR) is 73.5 cm³/mol. The average Bonchev–Trinajstić information content (AvgIpc) is 2.38. The average molecular weight is 262 g/mol. The second-order valence-corrected chi connectivity index (χ2v) is 5.17. The van der Waals surface area contributed by atoms with E-state index in [2.05, 4.69) is 10.6 Å². The van der Waals surface area contributed by atoms with Crippen molar-refractivity contribution < 1.29 is 4.39 Å². The molecule has 4 heteroatoms. The number of halogens is 1. The van der Waals surface area contributed by atoms with Crippen LogP contribution in [0.25, 0.3) is 0 Å². The number of benzene rings is 1. The summed E-state index contributed by atoms with van der Waals surface area (Å²) in [6, 6.07) is 6.82. The van der Waals surface area contributed by atoms with Gasteiger partial charge in [-0.3, -0.25) is 0 Å². The van der Waals surface area contributed by atoms with Crippen LogP contribution in [0.4, 0.5) is 4.39 Å². The fourth-order valence-electron chi connectivity index (χ4n) is 2.76. The van der Waals surface area contributed by atoms with E-state index in [0.717, 1.165) is 12.8 Å². The maximum Gasteiger partial charge on any atom is 0.171 e. The Hall–Kier alpha value is -1.42. The van der Waals surface area contributed by atoms with Crippen LogP contribution >= 0.6 is 12.2 Å². The molecule has 2 N–H and O–H groups in total. The van der Waals surface area contributed by atoms with Crippen molar-refractivity contribution in [3.63, 3.8) is 0 Å². The summed E-state index contributed by atoms with van der Waals surface area (Å²) in [6.45, 7) is 0. The van der Waals surface area contributed by atoms with Crippen molar-refractivity contribution in [3.05, 3.63) is 46.9 Å². The van der Waals surface area contributed by atoms with Crippen LogP contribution in [0.3, 0.4) is 0 Å². The molecular formula is C14H15FN2S. The molecule has 1 aliphatic carbocycles. The van der Waals surface area contributed by atoms with Gasteiger partial charge >= 0.3 is 0 Å². The first-order valence-electron chi connectivity index (χ1n) is 6.29. The van der Waals surface area contributed by atoms with Crippen LogP contribution in [0.1, 0.15) is 37.3 Å². The first kappa shape index (κ1) is 11.7. The number of thiocarbonyl (C=S) groups is 1. The summed E-state index contributed by atoms with van der Waals surface area (Å²) in [4.78, 5) is 0. The monoisotopic (exact) mass is 262 g/mol. The number of rotatable bonds is 1. The van der Waals surface area contributed by atoms with E-state index in [9.17, 15) is 4.39 Å². The quantitative estimate of drug-likeness (QED) is 0.760. The summed E-state index contributed by atoms with van der Waals surface area (Å²) in [5.41, 5.74) is 3.15. The highest BCUT2D eigenvalue weighted by molar-refractivity contribution is 7.80. The number of hydrogen-bond donors (Lipinski definition) is 2. The Morgan fingerprint density at radius 2 is 1.94 bits per heavy atom. The molecule has 0 aromatic heterocycles. The largest absolute Gasteiger partial charge is 0.352 e. The van der Waals surface area contributed by atoms with Crippen LogP contribution in [0.5, 0.6) is 0 Å². The van der Waals surface area contributed by atoms with Crippen LogP contribution in [0.2, 0.25) is 0 Å². The minimum atomic E-state index is -0.169. The summed E-state index contributed by atoms with van der Waals surface area (Å²) in [5, 5.41) is 7.01. The van der Waals surface area contributed by atoms with Gasteiger partial charge in [0.2, 0.25) is 0 Å². The molecule has 18 heavy (non-hydrogen) atoms. The van der Waals surface area contributed by atoms with Gasteiger partial charge in [-0.25, -0.2) is 4.39 Å². The molecule has 1 unspecified atom stereocenters. The lowest BCUT2D eigenvalue weighted by atomic mass is 9.86. The van der Waals surface area contributed by atoms with Gasteiger partial charge in [-0.2, -0.15) is 0 Å². The van der Waals surface area contributed by atoms with Gasteiger partial charge in [0.05, 0.1) is 6.04 Å². The van der Waals surface area contributed by atoms with Gasteiger partial charge in [0.1, 0.15) is 5.82 Å². The fraction of sp³-hybridized carbons (Fsp3) is 0.357. The van der Waals surface area contributed by atoms with E-state index in [-0.39, 0.29) is 11.9 Å². The van der Waals surface area contributed by atoms with Crippen LogP contribution in [-0.2, 0) is 0 Å². The first-order valence-corrected chi connectivity index (χ1v) is 6.70. The standard InChI is InChI=1S/C14H15FN2S/c15-11-7-3-1-5-9(11)13-10-6-2-4-8-12(10)16-14(18)17-13/h1,3,5,7,13H,2,4,6,8H2,(H2,16,17,18). The minimum Gasteiger partial charge on any atom is -0.352 e. The van der Waals surface area contributed by atoms with Crippen LogP contribution in [-0.4, -0.2) is 5.11 Å². The van der Waals surface area contributed by atoms with Gasteiger partial charge in [-0.1, -0.05) is 18.2 Å². The molecule has 0 saturated carbocycles. The van der Waals surface area contributed by atoms with E-state index in [1.54, 1.807) is 6.07 Å². The molecule has 94 valence electrons. The van der Waals surface area contributed by atoms with Crippen molar-refractivity contribution in [1.82, 2.24) is 10.6 Å². The van der Waals surface area contributed by atoms with E-state index in [1.807, 2.05) is 12.1 Å². The van der Waals surface area contributed by atoms with Gasteiger partial charge in [0.25, 0.3) is 0 Å². The van der Waals surface area contributed by atoms with Crippen molar-refractivity contribution in [1.29, 1.82) is 0 Å². The summed E-state index contributed by atoms with van der Waals surface area (Å²) >= 11 is 5.22. The summed E-state index contributed by atoms with van der Waals surface area (Å²) in [7, 11) is 0. The Morgan fingerprint density at radius 3 is 2.78 bits per heavy atom. The zero-order chi connectivity index (χ0) is 12.5. The molecule has 2 nitrogen and oxygen atoms in total. The lowest BCUT2D eigenvalue weighted by molar-refractivity contribution is 0.533. The van der Waals surface area contributed by atoms with Crippen molar-refractivity contribution in [2.24, 2.45) is 0 Å². The Morgan fingerprint density at radius 1 is 1.17 bits per heavy atom. The lowest BCUT2D eigenvalue weighted by Crippen LogP contribution is -2.44. The second kappa shape index (κ2) is 4.69. The topological polar surface area (TPSA) is 24.1 Å². The van der Waals surface area contributed by atoms with Crippen molar-refractivity contribution in [2.75, 3.05) is 0 Å². The molecule has 3 rings (SSSR count). The third-order valence-corrected chi connectivity index (χ3v) is 3.83. The summed E-state index contributed by atoms with van der Waals surface area (Å²) < 4.78 is 13.9. The van der Waals surface area contributed by atoms with Gasteiger partial charge in [-0.15, -0.1) is 0 Å². The lowest BCUT2D eigenvalue weighted by Gasteiger charge is -2.34. The van der Waals surface area contributed by atoms with Crippen molar-refractivity contribution >= 4 is 17.3 Å². The number of hydrogen-bond acceptors (Lipinski definition) is 1. The third kappa shape index (κ3) is 2.01. The van der Waals surface area contributed by atoms with E-state index >= 15 is 0 Å². The van der Waals surface area contributed by atoms with Gasteiger partial charge in [0, 0.05) is 11.3 Å². The van der Waals surface area contributed by atoms with Crippen molar-refractivity contribution in [3.8, 4) is 0 Å². The normalized spacial score (nSPS) is 23.2. The Balaban J connectivity index is 2.05. The fourth-order valence-corrected chi connectivity index (χ4v) is 3.00. The summed E-state index contributed by atoms with van der Waals surface area (Å²) in [5.74, 6) is -0.169. The predicted octanol–water partition coefficient (Wildman–Crippen LogP) is 3.17. The minimum absolute atomic E-state index is 0.102. The Labute approximate surface area is 111 Å². The van der Waals surface area contributed by atoms with E-state index in [4.69, 9.17) is 12.2 Å². The van der Waals surface area contributed by atoms with Crippen LogP contribution < -0.4 is 10.6 Å². The number of nitrogens with one attached hydrogen (secondary N) is 2. The Kier molecular flexibility index (Phi) is 3.04. The van der Waals surface area contributed by atoms with Crippen LogP contribution in [0, 0.1) is 5.82 Å². The van der Waals surface area contributed by atoms with E-state index in [0.29, 0.717) is 10.7 Å². The molecule has 0 spiro atoms. The Bertz CT molecular complexity index is 524. The molecule has 0 saturated heterocycles. The first-order chi connectivity index (χ1) is 8.75. The SMILES string of the molecule is Fc1ccccc1C1NC(=S)NC2=C1CCCC2. The maximum atomic E-state index is 13.9. The zero-order valence-electron chi connectivity index (χ0n) is 10.0. The molecule has 0 bridgehead atoms.